The molecule has 5 nitrogen and oxygen atoms in total. The summed E-state index contributed by atoms with van der Waals surface area (Å²) in [5.74, 6) is 3.33. The Kier molecular flexibility index (Phi) is 28.0. The third-order valence-corrected chi connectivity index (χ3v) is 2.78. The second-order valence-electron chi connectivity index (χ2n) is 5.05. The molecule has 28 heavy (non-hydrogen) atoms. The maximum Gasteiger partial charge on any atom is 0 e. The maximum atomic E-state index is 11.7. The van der Waals surface area contributed by atoms with Crippen LogP contribution in [0.1, 0.15) is 10.4 Å². The van der Waals surface area contributed by atoms with E-state index in [1.54, 1.807) is 31.4 Å². The van der Waals surface area contributed by atoms with E-state index < -0.39 is 15.3 Å². The first-order valence-electron chi connectivity index (χ1n) is 6.62. The van der Waals surface area contributed by atoms with E-state index in [1.807, 2.05) is 0 Å². The van der Waals surface area contributed by atoms with Gasteiger partial charge < -0.3 is 22.0 Å². The Labute approximate surface area is 173 Å². The van der Waals surface area contributed by atoms with Crippen LogP contribution in [0.5, 0.6) is 5.75 Å². The van der Waals surface area contributed by atoms with Crippen LogP contribution in [0.4, 0.5) is 17.3 Å². The van der Waals surface area contributed by atoms with Crippen molar-refractivity contribution in [2.75, 3.05) is 7.11 Å². The largest absolute Gasteiger partial charge is 0 e. The Morgan fingerprint density at radius 2 is 1.29 bits per heavy atom. The zero-order chi connectivity index (χ0) is 22.7. The van der Waals surface area contributed by atoms with Crippen molar-refractivity contribution < 1.29 is 57.8 Å². The summed E-state index contributed by atoms with van der Waals surface area (Å²) in [6.07, 6.45) is 0. The summed E-state index contributed by atoms with van der Waals surface area (Å²) in [6.45, 7) is 19.8. The van der Waals surface area contributed by atoms with E-state index in [9.17, 15) is 22.1 Å². The summed E-state index contributed by atoms with van der Waals surface area (Å²) >= 11 is 0. The number of carbonyl (C=O) groups is 1. The van der Waals surface area contributed by atoms with Crippen LogP contribution in [-0.2, 0) is 31.0 Å². The minimum atomic E-state index is -6.00. The van der Waals surface area contributed by atoms with Crippen LogP contribution in [0.25, 0.3) is 0 Å². The molecule has 1 aromatic carbocycles. The Bertz CT molecular complexity index is 636. The summed E-state index contributed by atoms with van der Waals surface area (Å²) in [7, 11) is -5.88. The molecule has 12 heteroatoms. The molecule has 0 unspecified atom stereocenters. The van der Waals surface area contributed by atoms with Crippen molar-refractivity contribution in [1.82, 2.24) is 0 Å². The number of hydrogen-bond donors (Lipinski definition) is 0. The van der Waals surface area contributed by atoms with Gasteiger partial charge in [0.25, 0.3) is 0 Å². The molecule has 0 fully saturated rings. The van der Waals surface area contributed by atoms with Crippen molar-refractivity contribution >= 4 is 21.1 Å². The van der Waals surface area contributed by atoms with Gasteiger partial charge in [0, 0.05) is 22.6 Å². The molecule has 1 rings (SSSR count). The zero-order valence-electron chi connectivity index (χ0n) is 15.3. The molecule has 0 heterocycles. The van der Waals surface area contributed by atoms with Crippen LogP contribution in [0, 0.1) is 31.4 Å². The zero-order valence-corrected chi connectivity index (χ0v) is 17.5. The van der Waals surface area contributed by atoms with Crippen molar-refractivity contribution in [3.63, 3.8) is 0 Å². The number of carbonyl (C=O) groups excluding carboxylic acids is 1. The molecule has 0 N–H and O–H groups in total. The first-order valence-corrected chi connectivity index (χ1v) is 10.1. The topological polar surface area (TPSA) is 86.0 Å². The number of ketones is 1. The Hall–Kier alpha value is -2.01. The number of methoxy groups -OCH3 is 1. The van der Waals surface area contributed by atoms with Crippen LogP contribution in [0.3, 0.4) is 0 Å². The number of rotatable bonds is 2. The standard InChI is InChI=1S/C13H16O2Si.3CO.BF4.Mn/c1-15-12-7-5-11(6-8-12)13(14)9-10-16(2,3)4;3*1-2;2-1(3,4)5;/h5-8H,1-4H3;;;;;/q;;;;-1;. The number of halogens is 4. The molecule has 1 aromatic rings. The van der Waals surface area contributed by atoms with Crippen molar-refractivity contribution in [2.24, 2.45) is 0 Å². The SMILES string of the molecule is COc1ccc(C(=O)C#C[Si](C)(C)C)cc1.F[B-](F)(F)F.[C-]#[O+].[C-]#[O+].[C-]#[O+].[Mn]. The van der Waals surface area contributed by atoms with Gasteiger partial charge in [0.1, 0.15) is 13.8 Å². The van der Waals surface area contributed by atoms with Crippen molar-refractivity contribution in [1.29, 1.82) is 0 Å². The molecule has 0 aliphatic carbocycles. The van der Waals surface area contributed by atoms with Gasteiger partial charge in [0.2, 0.25) is 5.78 Å². The van der Waals surface area contributed by atoms with Gasteiger partial charge >= 0.3 is 41.2 Å². The molecule has 0 aliphatic heterocycles. The maximum absolute atomic E-state index is 11.7. The summed E-state index contributed by atoms with van der Waals surface area (Å²) in [4.78, 5) is 11.7. The van der Waals surface area contributed by atoms with E-state index in [1.165, 1.54) is 0 Å². The average Bonchev–Trinajstić information content (AvgIpc) is 2.63. The van der Waals surface area contributed by atoms with Gasteiger partial charge in [-0.1, -0.05) is 19.6 Å². The van der Waals surface area contributed by atoms with Crippen LogP contribution in [-0.4, -0.2) is 28.2 Å². The Balaban J connectivity index is -0.000000124. The minimum absolute atomic E-state index is 0. The summed E-state index contributed by atoms with van der Waals surface area (Å²) < 4.78 is 66.5. The molecule has 0 saturated carbocycles. The van der Waals surface area contributed by atoms with E-state index in [2.05, 4.69) is 51.1 Å². The van der Waals surface area contributed by atoms with E-state index in [0.717, 1.165) is 5.75 Å². The fourth-order valence-corrected chi connectivity index (χ4v) is 1.55. The summed E-state index contributed by atoms with van der Waals surface area (Å²) in [5.41, 5.74) is 3.67. The summed E-state index contributed by atoms with van der Waals surface area (Å²) in [5, 5.41) is 0. The molecular formula is C16H16BF4MnO5Si-. The normalized spacial score (nSPS) is 8.21. The predicted molar refractivity (Wildman–Crippen MR) is 90.4 cm³/mol. The van der Waals surface area contributed by atoms with Crippen molar-refractivity contribution in [2.45, 2.75) is 19.6 Å². The van der Waals surface area contributed by atoms with E-state index >= 15 is 0 Å². The molecule has 0 spiro atoms. The van der Waals surface area contributed by atoms with E-state index in [4.69, 9.17) is 18.7 Å². The molecule has 0 saturated heterocycles. The second-order valence-corrected chi connectivity index (χ2v) is 9.80. The third-order valence-electron chi connectivity index (χ3n) is 1.90. The fourth-order valence-electron chi connectivity index (χ4n) is 1.06. The molecule has 0 amide bonds. The summed E-state index contributed by atoms with van der Waals surface area (Å²) in [6, 6.07) is 7.01. The van der Waals surface area contributed by atoms with Gasteiger partial charge in [0.05, 0.1) is 7.11 Å². The van der Waals surface area contributed by atoms with E-state index in [-0.39, 0.29) is 22.9 Å². The van der Waals surface area contributed by atoms with Gasteiger partial charge in [-0.15, -0.1) is 5.54 Å². The molecule has 153 valence electrons. The van der Waals surface area contributed by atoms with Crippen LogP contribution >= 0.6 is 0 Å². The van der Waals surface area contributed by atoms with E-state index in [0.29, 0.717) is 5.56 Å². The number of hydrogen-bond acceptors (Lipinski definition) is 2. The van der Waals surface area contributed by atoms with Crippen LogP contribution in [0.2, 0.25) is 19.6 Å². The quantitative estimate of drug-likeness (QED) is 0.168. The predicted octanol–water partition coefficient (Wildman–Crippen LogP) is 3.94. The van der Waals surface area contributed by atoms with Gasteiger partial charge in [-0.3, -0.25) is 4.79 Å². The average molecular weight is 458 g/mol. The number of Topliss-reactive ketones (excluding diaryl/α,β-unsaturated/α-hetero) is 1. The number of ether oxygens (including phenoxy) is 1. The van der Waals surface area contributed by atoms with Crippen LogP contribution in [0.15, 0.2) is 24.3 Å². The second kappa shape index (κ2) is 21.3. The Morgan fingerprint density at radius 1 is 0.964 bits per heavy atom. The Morgan fingerprint density at radius 3 is 1.54 bits per heavy atom. The first-order chi connectivity index (χ1) is 12.4. The molecule has 0 atom stereocenters. The molecule has 0 aromatic heterocycles. The molecule has 1 radical (unpaired) electrons. The molecular weight excluding hydrogens is 442 g/mol. The molecule has 0 bridgehead atoms. The van der Waals surface area contributed by atoms with Gasteiger partial charge in [-0.25, -0.2) is 0 Å². The van der Waals surface area contributed by atoms with Gasteiger partial charge in [-0.2, -0.15) is 0 Å². The smallest absolute Gasteiger partial charge is 0 e. The van der Waals surface area contributed by atoms with Crippen LogP contribution < -0.4 is 4.74 Å². The third kappa shape index (κ3) is 31.7. The minimum Gasteiger partial charge on any atom is 0 e. The molecule has 0 aliphatic rings. The fraction of sp³-hybridized carbons (Fsp3) is 0.250. The first kappa shape index (κ1) is 36.8. The number of benzene rings is 1. The van der Waals surface area contributed by atoms with Gasteiger partial charge in [0.15, 0.2) is 0 Å². The van der Waals surface area contributed by atoms with Gasteiger partial charge in [-0.05, 0) is 30.2 Å². The monoisotopic (exact) mass is 458 g/mol. The van der Waals surface area contributed by atoms with Crippen molar-refractivity contribution in [3.05, 3.63) is 49.8 Å². The van der Waals surface area contributed by atoms with Crippen molar-refractivity contribution in [3.8, 4) is 17.2 Å².